The second kappa shape index (κ2) is 4.38. The van der Waals surface area contributed by atoms with Crippen molar-refractivity contribution in [2.45, 2.75) is 6.42 Å². The minimum absolute atomic E-state index is 0.0977. The van der Waals surface area contributed by atoms with E-state index in [1.807, 2.05) is 0 Å². The number of hydrogen-bond donors (Lipinski definition) is 2. The fourth-order valence-electron chi connectivity index (χ4n) is 2.11. The molecule has 0 radical (unpaired) electrons. The van der Waals surface area contributed by atoms with Crippen molar-refractivity contribution in [3.63, 3.8) is 0 Å². The minimum Gasteiger partial charge on any atom is -0.493 e. The topological polar surface area (TPSA) is 76.5 Å². The van der Waals surface area contributed by atoms with Crippen LogP contribution in [0, 0.1) is 0 Å². The lowest BCUT2D eigenvalue weighted by Gasteiger charge is -2.08. The van der Waals surface area contributed by atoms with Gasteiger partial charge in [-0.15, -0.1) is 0 Å². The molecule has 1 aliphatic heterocycles. The summed E-state index contributed by atoms with van der Waals surface area (Å²) >= 11 is 0. The highest BCUT2D eigenvalue weighted by atomic mass is 16.5. The third-order valence-electron chi connectivity index (χ3n) is 3.07. The van der Waals surface area contributed by atoms with Crippen LogP contribution in [-0.4, -0.2) is 28.1 Å². The first-order valence-corrected chi connectivity index (χ1v) is 6.05. The van der Waals surface area contributed by atoms with Crippen molar-refractivity contribution in [3.05, 3.63) is 28.6 Å². The standard InChI is InChI=1S/C13H14N2O4/c1-15-13(17)11(12(16)14-15)8-3-4-9-10(7-8)19-6-2-5-18-9/h3-4,7,17H,2,5-6H2,1H3,(H,14,16). The van der Waals surface area contributed by atoms with Crippen molar-refractivity contribution < 1.29 is 14.6 Å². The summed E-state index contributed by atoms with van der Waals surface area (Å²) < 4.78 is 12.4. The average molecular weight is 262 g/mol. The minimum atomic E-state index is -0.338. The molecule has 100 valence electrons. The van der Waals surface area contributed by atoms with Gasteiger partial charge >= 0.3 is 0 Å². The van der Waals surface area contributed by atoms with Crippen LogP contribution in [0.1, 0.15) is 6.42 Å². The van der Waals surface area contributed by atoms with E-state index in [9.17, 15) is 9.90 Å². The van der Waals surface area contributed by atoms with Crippen LogP contribution in [0.3, 0.4) is 0 Å². The molecule has 1 aromatic heterocycles. The summed E-state index contributed by atoms with van der Waals surface area (Å²) in [5, 5.41) is 12.4. The van der Waals surface area contributed by atoms with Gasteiger partial charge in [-0.2, -0.15) is 0 Å². The van der Waals surface area contributed by atoms with Gasteiger partial charge in [0.15, 0.2) is 11.5 Å². The van der Waals surface area contributed by atoms with E-state index in [4.69, 9.17) is 9.47 Å². The normalized spacial score (nSPS) is 14.2. The number of fused-ring (bicyclic) bond motifs is 1. The predicted octanol–water partition coefficient (Wildman–Crippen LogP) is 1.25. The molecular formula is C13H14N2O4. The third-order valence-corrected chi connectivity index (χ3v) is 3.07. The number of H-pyrrole nitrogens is 1. The molecule has 0 bridgehead atoms. The molecule has 1 aromatic carbocycles. The molecular weight excluding hydrogens is 248 g/mol. The van der Waals surface area contributed by atoms with E-state index in [1.165, 1.54) is 4.68 Å². The van der Waals surface area contributed by atoms with Crippen LogP contribution in [0.25, 0.3) is 11.1 Å². The summed E-state index contributed by atoms with van der Waals surface area (Å²) in [7, 11) is 1.57. The number of aromatic hydroxyl groups is 1. The summed E-state index contributed by atoms with van der Waals surface area (Å²) in [4.78, 5) is 11.8. The Kier molecular flexibility index (Phi) is 2.70. The first kappa shape index (κ1) is 11.7. The van der Waals surface area contributed by atoms with Crippen molar-refractivity contribution in [2.24, 2.45) is 7.05 Å². The molecule has 19 heavy (non-hydrogen) atoms. The maximum atomic E-state index is 11.8. The van der Waals surface area contributed by atoms with Crippen LogP contribution in [0.15, 0.2) is 23.0 Å². The lowest BCUT2D eigenvalue weighted by atomic mass is 10.1. The van der Waals surface area contributed by atoms with Gasteiger partial charge in [0, 0.05) is 13.5 Å². The van der Waals surface area contributed by atoms with E-state index in [0.29, 0.717) is 30.3 Å². The molecule has 0 amide bonds. The number of hydrogen-bond acceptors (Lipinski definition) is 4. The second-order valence-corrected chi connectivity index (χ2v) is 4.41. The van der Waals surface area contributed by atoms with Crippen molar-refractivity contribution in [2.75, 3.05) is 13.2 Å². The fourth-order valence-corrected chi connectivity index (χ4v) is 2.11. The summed E-state index contributed by atoms with van der Waals surface area (Å²) in [5.74, 6) is 1.16. The van der Waals surface area contributed by atoms with Gasteiger partial charge in [0.25, 0.3) is 5.56 Å². The van der Waals surface area contributed by atoms with Gasteiger partial charge in [0.05, 0.1) is 13.2 Å². The summed E-state index contributed by atoms with van der Waals surface area (Å²) in [6, 6.07) is 5.20. The molecule has 2 N–H and O–H groups in total. The Bertz CT molecular complexity index is 672. The quantitative estimate of drug-likeness (QED) is 0.811. The van der Waals surface area contributed by atoms with E-state index < -0.39 is 0 Å². The highest BCUT2D eigenvalue weighted by Crippen LogP contribution is 2.35. The van der Waals surface area contributed by atoms with Crippen LogP contribution in [-0.2, 0) is 7.05 Å². The van der Waals surface area contributed by atoms with Gasteiger partial charge < -0.3 is 14.6 Å². The Morgan fingerprint density at radius 1 is 1.26 bits per heavy atom. The fraction of sp³-hybridized carbons (Fsp3) is 0.308. The Balaban J connectivity index is 2.11. The second-order valence-electron chi connectivity index (χ2n) is 4.41. The molecule has 0 spiro atoms. The molecule has 0 atom stereocenters. The zero-order valence-electron chi connectivity index (χ0n) is 10.5. The Morgan fingerprint density at radius 3 is 2.68 bits per heavy atom. The zero-order chi connectivity index (χ0) is 13.4. The summed E-state index contributed by atoms with van der Waals surface area (Å²) in [5.41, 5.74) is 0.497. The molecule has 3 rings (SSSR count). The van der Waals surface area contributed by atoms with E-state index >= 15 is 0 Å². The highest BCUT2D eigenvalue weighted by molar-refractivity contribution is 5.70. The van der Waals surface area contributed by atoms with Crippen molar-refractivity contribution in [1.82, 2.24) is 9.78 Å². The van der Waals surface area contributed by atoms with Crippen molar-refractivity contribution >= 4 is 0 Å². The molecule has 2 aromatic rings. The number of ether oxygens (including phenoxy) is 2. The number of nitrogens with one attached hydrogen (secondary N) is 1. The Hall–Kier alpha value is -2.37. The summed E-state index contributed by atoms with van der Waals surface area (Å²) in [6.07, 6.45) is 0.821. The summed E-state index contributed by atoms with van der Waals surface area (Å²) in [6.45, 7) is 1.19. The van der Waals surface area contributed by atoms with Gasteiger partial charge in [0.1, 0.15) is 5.56 Å². The molecule has 0 saturated carbocycles. The lowest BCUT2D eigenvalue weighted by Crippen LogP contribution is -2.04. The monoisotopic (exact) mass is 262 g/mol. The number of rotatable bonds is 1. The molecule has 1 aliphatic rings. The first-order valence-electron chi connectivity index (χ1n) is 6.05. The van der Waals surface area contributed by atoms with Crippen molar-refractivity contribution in [3.8, 4) is 28.5 Å². The first-order chi connectivity index (χ1) is 9.16. The SMILES string of the molecule is Cn1[nH]c(=O)c(-c2ccc3c(c2)OCCCO3)c1O. The van der Waals surface area contributed by atoms with E-state index in [0.717, 1.165) is 6.42 Å². The van der Waals surface area contributed by atoms with E-state index in [2.05, 4.69) is 5.10 Å². The lowest BCUT2D eigenvalue weighted by molar-refractivity contribution is 0.297. The highest BCUT2D eigenvalue weighted by Gasteiger charge is 2.17. The number of benzene rings is 1. The van der Waals surface area contributed by atoms with Crippen LogP contribution in [0.4, 0.5) is 0 Å². The molecule has 6 heteroatoms. The van der Waals surface area contributed by atoms with Gasteiger partial charge in [-0.3, -0.25) is 14.6 Å². The average Bonchev–Trinajstić information content (AvgIpc) is 2.59. The smallest absolute Gasteiger partial charge is 0.275 e. The van der Waals surface area contributed by atoms with Crippen LogP contribution in [0.2, 0.25) is 0 Å². The van der Waals surface area contributed by atoms with Crippen molar-refractivity contribution in [1.29, 1.82) is 0 Å². The zero-order valence-corrected chi connectivity index (χ0v) is 10.5. The van der Waals surface area contributed by atoms with Crippen LogP contribution in [0.5, 0.6) is 17.4 Å². The largest absolute Gasteiger partial charge is 0.493 e. The number of aryl methyl sites for hydroxylation is 1. The predicted molar refractivity (Wildman–Crippen MR) is 68.7 cm³/mol. The number of aromatic nitrogens is 2. The molecule has 0 aliphatic carbocycles. The van der Waals surface area contributed by atoms with Gasteiger partial charge in [-0.25, -0.2) is 0 Å². The maximum Gasteiger partial charge on any atom is 0.275 e. The number of aromatic amines is 1. The molecule has 0 unspecified atom stereocenters. The van der Waals surface area contributed by atoms with Gasteiger partial charge in [0.2, 0.25) is 5.88 Å². The molecule has 0 fully saturated rings. The molecule has 0 saturated heterocycles. The maximum absolute atomic E-state index is 11.8. The van der Waals surface area contributed by atoms with Gasteiger partial charge in [-0.1, -0.05) is 6.07 Å². The molecule has 2 heterocycles. The Labute approximate surface area is 109 Å². The molecule has 6 nitrogen and oxygen atoms in total. The Morgan fingerprint density at radius 2 is 2.00 bits per heavy atom. The third kappa shape index (κ3) is 1.95. The van der Waals surface area contributed by atoms with Gasteiger partial charge in [-0.05, 0) is 17.7 Å². The van der Waals surface area contributed by atoms with E-state index in [-0.39, 0.29) is 17.0 Å². The van der Waals surface area contributed by atoms with E-state index in [1.54, 1.807) is 25.2 Å². The number of nitrogens with zero attached hydrogens (tertiary/aromatic N) is 1. The van der Waals surface area contributed by atoms with Crippen LogP contribution >= 0.6 is 0 Å². The van der Waals surface area contributed by atoms with Crippen LogP contribution < -0.4 is 15.0 Å².